The molecule has 0 aliphatic rings. The molecule has 0 unspecified atom stereocenters. The molecule has 0 atom stereocenters. The molecule has 2 aromatic rings. The molecule has 17 heavy (non-hydrogen) atoms. The lowest BCUT2D eigenvalue weighted by Gasteiger charge is -2.03. The Kier molecular flexibility index (Phi) is 3.85. The number of carbonyl (C=O) groups is 1. The van der Waals surface area contributed by atoms with Crippen LogP contribution in [0, 0.1) is 0 Å². The van der Waals surface area contributed by atoms with Crippen LogP contribution < -0.4 is 0 Å². The molecule has 0 saturated heterocycles. The predicted octanol–water partition coefficient (Wildman–Crippen LogP) is 4.21. The molecule has 0 amide bonds. The quantitative estimate of drug-likeness (QED) is 0.575. The highest BCUT2D eigenvalue weighted by Gasteiger charge is 2.12. The molecule has 0 N–H and O–H groups in total. The lowest BCUT2D eigenvalue weighted by Crippen LogP contribution is -1.95. The van der Waals surface area contributed by atoms with Gasteiger partial charge in [0.2, 0.25) is 0 Å². The van der Waals surface area contributed by atoms with Crippen LogP contribution in [0.5, 0.6) is 0 Å². The van der Waals surface area contributed by atoms with Crippen molar-refractivity contribution in [2.24, 2.45) is 0 Å². The van der Waals surface area contributed by atoms with E-state index in [0.29, 0.717) is 5.56 Å². The van der Waals surface area contributed by atoms with Crippen molar-refractivity contribution in [2.75, 3.05) is 0 Å². The summed E-state index contributed by atoms with van der Waals surface area (Å²) in [4.78, 5) is 11.4. The van der Waals surface area contributed by atoms with Crippen molar-refractivity contribution >= 4 is 27.7 Å². The van der Waals surface area contributed by atoms with Gasteiger partial charge in [0.1, 0.15) is 0 Å². The first-order valence-electron chi connectivity index (χ1n) is 6.01. The van der Waals surface area contributed by atoms with E-state index in [1.54, 1.807) is 0 Å². The van der Waals surface area contributed by atoms with E-state index >= 15 is 0 Å². The topological polar surface area (TPSA) is 22.0 Å². The molecular weight excluding hydrogens is 234 g/mol. The van der Waals surface area contributed by atoms with E-state index in [9.17, 15) is 4.79 Å². The maximum atomic E-state index is 11.4. The fourth-order valence-electron chi connectivity index (χ4n) is 2.12. The molecule has 3 heteroatoms. The summed E-state index contributed by atoms with van der Waals surface area (Å²) in [5.41, 5.74) is 1.70. The molecule has 0 aliphatic carbocycles. The van der Waals surface area contributed by atoms with Gasteiger partial charge in [0.05, 0.1) is 5.56 Å². The zero-order valence-corrected chi connectivity index (χ0v) is 10.7. The summed E-state index contributed by atoms with van der Waals surface area (Å²) < 4.78 is 2.13. The Balaban J connectivity index is 2.38. The second-order valence-corrected chi connectivity index (χ2v) is 4.58. The van der Waals surface area contributed by atoms with Crippen molar-refractivity contribution < 1.29 is 4.79 Å². The molecule has 90 valence electrons. The largest absolute Gasteiger partial charge is 0.347 e. The number of fused-ring (bicyclic) bond motifs is 1. The van der Waals surface area contributed by atoms with Crippen LogP contribution >= 0.6 is 11.6 Å². The number of halogens is 1. The summed E-state index contributed by atoms with van der Waals surface area (Å²) in [6.07, 6.45) is 5.40. The number of rotatable bonds is 5. The molecule has 0 fully saturated rings. The van der Waals surface area contributed by atoms with Gasteiger partial charge in [-0.1, -0.05) is 38.0 Å². The first-order chi connectivity index (χ1) is 8.24. The van der Waals surface area contributed by atoms with Crippen molar-refractivity contribution in [1.29, 1.82) is 0 Å². The van der Waals surface area contributed by atoms with Crippen molar-refractivity contribution in [3.05, 3.63) is 36.0 Å². The molecule has 2 rings (SSSR count). The van der Waals surface area contributed by atoms with Gasteiger partial charge in [-0.05, 0) is 24.1 Å². The van der Waals surface area contributed by atoms with Gasteiger partial charge in [-0.3, -0.25) is 4.79 Å². The summed E-state index contributed by atoms with van der Waals surface area (Å²) in [5.74, 6) is 0. The van der Waals surface area contributed by atoms with E-state index in [2.05, 4.69) is 11.5 Å². The highest BCUT2D eigenvalue weighted by molar-refractivity contribution is 6.68. The van der Waals surface area contributed by atoms with Crippen LogP contribution in [0.15, 0.2) is 30.5 Å². The fraction of sp³-hybridized carbons (Fsp3) is 0.357. The van der Waals surface area contributed by atoms with Gasteiger partial charge in [0, 0.05) is 23.6 Å². The van der Waals surface area contributed by atoms with Gasteiger partial charge < -0.3 is 4.57 Å². The summed E-state index contributed by atoms with van der Waals surface area (Å²) in [6, 6.07) is 7.90. The third-order valence-electron chi connectivity index (χ3n) is 3.00. The number of nitrogens with zero attached hydrogens (tertiary/aromatic N) is 1. The maximum Gasteiger partial charge on any atom is 0.254 e. The van der Waals surface area contributed by atoms with E-state index in [-0.39, 0.29) is 5.24 Å². The molecule has 0 aliphatic heterocycles. The number of aryl methyl sites for hydroxylation is 1. The van der Waals surface area contributed by atoms with Gasteiger partial charge in [-0.25, -0.2) is 0 Å². The van der Waals surface area contributed by atoms with Crippen molar-refractivity contribution in [3.63, 3.8) is 0 Å². The van der Waals surface area contributed by atoms with Gasteiger partial charge in [0.25, 0.3) is 5.24 Å². The number of unbranched alkanes of at least 4 members (excludes halogenated alkanes) is 2. The van der Waals surface area contributed by atoms with Gasteiger partial charge in [-0.15, -0.1) is 0 Å². The standard InChI is InChI=1S/C14H16ClNO/c1-2-3-6-9-16-10-12(14(15)17)11-7-4-5-8-13(11)16/h4-5,7-8,10H,2-3,6,9H2,1H3. The lowest BCUT2D eigenvalue weighted by atomic mass is 10.2. The molecule has 2 nitrogen and oxygen atoms in total. The lowest BCUT2D eigenvalue weighted by molar-refractivity contribution is 0.108. The average molecular weight is 250 g/mol. The van der Waals surface area contributed by atoms with E-state index in [1.807, 2.05) is 30.5 Å². The van der Waals surface area contributed by atoms with Crippen LogP contribution in [-0.4, -0.2) is 9.81 Å². The summed E-state index contributed by atoms with van der Waals surface area (Å²) in [5, 5.41) is 0.569. The molecule has 0 bridgehead atoms. The third-order valence-corrected chi connectivity index (χ3v) is 3.21. The third kappa shape index (κ3) is 2.52. The molecule has 1 heterocycles. The van der Waals surface area contributed by atoms with Crippen LogP contribution in [0.25, 0.3) is 10.9 Å². The van der Waals surface area contributed by atoms with Crippen LogP contribution in [0.2, 0.25) is 0 Å². The first kappa shape index (κ1) is 12.2. The van der Waals surface area contributed by atoms with Crippen molar-refractivity contribution in [3.8, 4) is 0 Å². The second kappa shape index (κ2) is 5.37. The molecule has 1 aromatic heterocycles. The van der Waals surface area contributed by atoms with Gasteiger partial charge >= 0.3 is 0 Å². The minimum absolute atomic E-state index is 0.379. The highest BCUT2D eigenvalue weighted by atomic mass is 35.5. The molecule has 0 radical (unpaired) electrons. The molecular formula is C14H16ClNO. The van der Waals surface area contributed by atoms with Gasteiger partial charge in [-0.2, -0.15) is 0 Å². The minimum Gasteiger partial charge on any atom is -0.347 e. The molecule has 0 saturated carbocycles. The van der Waals surface area contributed by atoms with Crippen molar-refractivity contribution in [1.82, 2.24) is 4.57 Å². The van der Waals surface area contributed by atoms with E-state index in [4.69, 9.17) is 11.6 Å². The zero-order chi connectivity index (χ0) is 12.3. The number of para-hydroxylation sites is 1. The Morgan fingerprint density at radius 1 is 1.29 bits per heavy atom. The van der Waals surface area contributed by atoms with Crippen molar-refractivity contribution in [2.45, 2.75) is 32.7 Å². The Bertz CT molecular complexity index is 530. The number of hydrogen-bond donors (Lipinski definition) is 0. The Hall–Kier alpha value is -1.28. The number of aromatic nitrogens is 1. The summed E-state index contributed by atoms with van der Waals surface area (Å²) in [6.45, 7) is 3.13. The Labute approximate surface area is 106 Å². The minimum atomic E-state index is -0.379. The number of benzene rings is 1. The Morgan fingerprint density at radius 3 is 2.76 bits per heavy atom. The number of hydrogen-bond acceptors (Lipinski definition) is 1. The SMILES string of the molecule is CCCCCn1cc(C(=O)Cl)c2ccccc21. The fourth-order valence-corrected chi connectivity index (χ4v) is 2.27. The Morgan fingerprint density at radius 2 is 2.06 bits per heavy atom. The maximum absolute atomic E-state index is 11.4. The van der Waals surface area contributed by atoms with Crippen LogP contribution in [0.3, 0.4) is 0 Å². The van der Waals surface area contributed by atoms with Crippen LogP contribution in [0.1, 0.15) is 36.5 Å². The summed E-state index contributed by atoms with van der Waals surface area (Å²) in [7, 11) is 0. The van der Waals surface area contributed by atoms with E-state index in [1.165, 1.54) is 12.8 Å². The monoisotopic (exact) mass is 249 g/mol. The molecule has 1 aromatic carbocycles. The van der Waals surface area contributed by atoms with Gasteiger partial charge in [0.15, 0.2) is 0 Å². The highest BCUT2D eigenvalue weighted by Crippen LogP contribution is 2.23. The average Bonchev–Trinajstić information content (AvgIpc) is 2.69. The summed E-state index contributed by atoms with van der Waals surface area (Å²) >= 11 is 5.60. The normalized spacial score (nSPS) is 10.9. The zero-order valence-electron chi connectivity index (χ0n) is 9.95. The van der Waals surface area contributed by atoms with E-state index in [0.717, 1.165) is 23.9 Å². The van der Waals surface area contributed by atoms with Crippen LogP contribution in [0.4, 0.5) is 0 Å². The second-order valence-electron chi connectivity index (χ2n) is 4.23. The first-order valence-corrected chi connectivity index (χ1v) is 6.39. The van der Waals surface area contributed by atoms with E-state index < -0.39 is 0 Å². The number of carbonyl (C=O) groups excluding carboxylic acids is 1. The molecule has 0 spiro atoms. The van der Waals surface area contributed by atoms with Crippen LogP contribution in [-0.2, 0) is 6.54 Å². The smallest absolute Gasteiger partial charge is 0.254 e. The predicted molar refractivity (Wildman–Crippen MR) is 71.6 cm³/mol.